The fourth-order valence-corrected chi connectivity index (χ4v) is 4.17. The van der Waals surface area contributed by atoms with E-state index in [9.17, 15) is 13.2 Å². The van der Waals surface area contributed by atoms with Crippen molar-refractivity contribution >= 4 is 16.0 Å². The van der Waals surface area contributed by atoms with E-state index in [-0.39, 0.29) is 23.8 Å². The smallest absolute Gasteiger partial charge is 0.335 e. The molecule has 1 aromatic carbocycles. The third-order valence-electron chi connectivity index (χ3n) is 3.70. The number of sulfonamides is 1. The van der Waals surface area contributed by atoms with Gasteiger partial charge >= 0.3 is 5.97 Å². The van der Waals surface area contributed by atoms with Crippen molar-refractivity contribution in [1.29, 1.82) is 0 Å². The summed E-state index contributed by atoms with van der Waals surface area (Å²) in [6.07, 6.45) is 1.37. The van der Waals surface area contributed by atoms with Crippen molar-refractivity contribution in [3.63, 3.8) is 0 Å². The van der Waals surface area contributed by atoms with Gasteiger partial charge in [-0.3, -0.25) is 0 Å². The molecule has 0 saturated carbocycles. The third kappa shape index (κ3) is 4.03. The maximum Gasteiger partial charge on any atom is 0.335 e. The number of carboxylic acids is 1. The lowest BCUT2D eigenvalue weighted by Gasteiger charge is -2.16. The number of aliphatic hydroxyl groups excluding tert-OH is 1. The molecule has 1 heterocycles. The second kappa shape index (κ2) is 6.55. The molecule has 6 nitrogen and oxygen atoms in total. The molecule has 2 rings (SSSR count). The van der Waals surface area contributed by atoms with Crippen LogP contribution in [0.3, 0.4) is 0 Å². The summed E-state index contributed by atoms with van der Waals surface area (Å²) in [5.74, 6) is -1.06. The largest absolute Gasteiger partial charge is 0.478 e. The van der Waals surface area contributed by atoms with Gasteiger partial charge < -0.3 is 10.2 Å². The highest BCUT2D eigenvalue weighted by Crippen LogP contribution is 2.24. The average Bonchev–Trinajstić information content (AvgIpc) is 2.88. The van der Waals surface area contributed by atoms with E-state index < -0.39 is 16.0 Å². The van der Waals surface area contributed by atoms with Crippen LogP contribution in [0, 0.1) is 5.92 Å². The van der Waals surface area contributed by atoms with E-state index in [1.807, 2.05) is 0 Å². The number of rotatable bonds is 6. The minimum Gasteiger partial charge on any atom is -0.478 e. The normalized spacial score (nSPS) is 19.8. The van der Waals surface area contributed by atoms with Crippen LogP contribution < -0.4 is 0 Å². The molecule has 0 radical (unpaired) electrons. The Labute approximate surface area is 124 Å². The second-order valence-electron chi connectivity index (χ2n) is 5.29. The summed E-state index contributed by atoms with van der Waals surface area (Å²) in [7, 11) is -3.45. The molecule has 1 fully saturated rings. The standard InChI is InChI=1S/C14H19NO5S/c16-7-5-11-4-6-15(9-11)21(19,20)10-12-2-1-3-13(8-12)14(17)18/h1-3,8,11,16H,4-7,9-10H2,(H,17,18). The van der Waals surface area contributed by atoms with E-state index in [0.29, 0.717) is 25.1 Å². The minimum atomic E-state index is -3.45. The fourth-order valence-electron chi connectivity index (χ4n) is 2.56. The Bertz CT molecular complexity index is 614. The first-order chi connectivity index (χ1) is 9.92. The SMILES string of the molecule is O=C(O)c1cccc(CS(=O)(=O)N2CCC(CCO)C2)c1. The molecule has 7 heteroatoms. The molecule has 1 aliphatic rings. The summed E-state index contributed by atoms with van der Waals surface area (Å²) in [6, 6.07) is 5.99. The van der Waals surface area contributed by atoms with E-state index >= 15 is 0 Å². The van der Waals surface area contributed by atoms with Crippen LogP contribution in [-0.2, 0) is 15.8 Å². The number of hydrogen-bond acceptors (Lipinski definition) is 4. The van der Waals surface area contributed by atoms with Gasteiger partial charge in [-0.05, 0) is 36.5 Å². The van der Waals surface area contributed by atoms with E-state index in [0.717, 1.165) is 6.42 Å². The molecule has 0 spiro atoms. The number of nitrogens with zero attached hydrogens (tertiary/aromatic N) is 1. The molecular formula is C14H19NO5S. The molecular weight excluding hydrogens is 294 g/mol. The number of aliphatic hydroxyl groups is 1. The minimum absolute atomic E-state index is 0.0687. The van der Waals surface area contributed by atoms with Gasteiger partial charge in [0.1, 0.15) is 0 Å². The van der Waals surface area contributed by atoms with Gasteiger partial charge in [-0.25, -0.2) is 17.5 Å². The van der Waals surface area contributed by atoms with Gasteiger partial charge in [-0.15, -0.1) is 0 Å². The highest BCUT2D eigenvalue weighted by atomic mass is 32.2. The Hall–Kier alpha value is -1.44. The topological polar surface area (TPSA) is 94.9 Å². The highest BCUT2D eigenvalue weighted by Gasteiger charge is 2.31. The molecule has 1 atom stereocenters. The molecule has 0 aromatic heterocycles. The van der Waals surface area contributed by atoms with E-state index in [1.165, 1.54) is 16.4 Å². The van der Waals surface area contributed by atoms with E-state index in [2.05, 4.69) is 0 Å². The van der Waals surface area contributed by atoms with Gasteiger partial charge in [0.15, 0.2) is 0 Å². The predicted molar refractivity (Wildman–Crippen MR) is 77.4 cm³/mol. The lowest BCUT2D eigenvalue weighted by atomic mass is 10.1. The van der Waals surface area contributed by atoms with Crippen molar-refractivity contribution in [3.05, 3.63) is 35.4 Å². The van der Waals surface area contributed by atoms with Crippen LogP contribution in [0.15, 0.2) is 24.3 Å². The third-order valence-corrected chi connectivity index (χ3v) is 5.52. The van der Waals surface area contributed by atoms with Crippen molar-refractivity contribution in [2.75, 3.05) is 19.7 Å². The summed E-state index contributed by atoms with van der Waals surface area (Å²) in [5, 5.41) is 17.8. The van der Waals surface area contributed by atoms with Gasteiger partial charge in [0.05, 0.1) is 11.3 Å². The van der Waals surface area contributed by atoms with Gasteiger partial charge in [0, 0.05) is 19.7 Å². The quantitative estimate of drug-likeness (QED) is 0.814. The van der Waals surface area contributed by atoms with Crippen molar-refractivity contribution in [2.45, 2.75) is 18.6 Å². The van der Waals surface area contributed by atoms with Crippen LogP contribution in [0.1, 0.15) is 28.8 Å². The first-order valence-electron chi connectivity index (χ1n) is 6.83. The summed E-state index contributed by atoms with van der Waals surface area (Å²) >= 11 is 0. The molecule has 0 bridgehead atoms. The van der Waals surface area contributed by atoms with Crippen LogP contribution in [0.5, 0.6) is 0 Å². The molecule has 2 N–H and O–H groups in total. The van der Waals surface area contributed by atoms with E-state index in [1.54, 1.807) is 12.1 Å². The highest BCUT2D eigenvalue weighted by molar-refractivity contribution is 7.88. The summed E-state index contributed by atoms with van der Waals surface area (Å²) < 4.78 is 26.1. The van der Waals surface area contributed by atoms with Crippen LogP contribution in [0.25, 0.3) is 0 Å². The fraction of sp³-hybridized carbons (Fsp3) is 0.500. The number of hydrogen-bond donors (Lipinski definition) is 2. The van der Waals surface area contributed by atoms with Gasteiger partial charge in [0.2, 0.25) is 10.0 Å². The molecule has 21 heavy (non-hydrogen) atoms. The summed E-state index contributed by atoms with van der Waals surface area (Å²) in [6.45, 7) is 0.965. The van der Waals surface area contributed by atoms with Crippen molar-refractivity contribution in [1.82, 2.24) is 4.31 Å². The first-order valence-corrected chi connectivity index (χ1v) is 8.44. The zero-order chi connectivity index (χ0) is 15.5. The molecule has 116 valence electrons. The van der Waals surface area contributed by atoms with Crippen LogP contribution in [0.2, 0.25) is 0 Å². The molecule has 1 aliphatic heterocycles. The molecule has 1 unspecified atom stereocenters. The van der Waals surface area contributed by atoms with Gasteiger partial charge in [-0.2, -0.15) is 0 Å². The lowest BCUT2D eigenvalue weighted by Crippen LogP contribution is -2.30. The average molecular weight is 313 g/mol. The first kappa shape index (κ1) is 15.9. The lowest BCUT2D eigenvalue weighted by molar-refractivity contribution is 0.0696. The summed E-state index contributed by atoms with van der Waals surface area (Å²) in [5.41, 5.74) is 0.558. The van der Waals surface area contributed by atoms with Gasteiger partial charge in [0.25, 0.3) is 0 Å². The predicted octanol–water partition coefficient (Wildman–Crippen LogP) is 0.919. The number of carboxylic acid groups (broad SMARTS) is 1. The molecule has 1 saturated heterocycles. The Morgan fingerprint density at radius 2 is 2.14 bits per heavy atom. The Balaban J connectivity index is 2.08. The monoisotopic (exact) mass is 313 g/mol. The summed E-state index contributed by atoms with van der Waals surface area (Å²) in [4.78, 5) is 10.9. The molecule has 0 amide bonds. The Morgan fingerprint density at radius 3 is 2.81 bits per heavy atom. The second-order valence-corrected chi connectivity index (χ2v) is 7.26. The zero-order valence-electron chi connectivity index (χ0n) is 11.6. The van der Waals surface area contributed by atoms with Crippen LogP contribution >= 0.6 is 0 Å². The molecule has 0 aliphatic carbocycles. The van der Waals surface area contributed by atoms with Crippen molar-refractivity contribution in [3.8, 4) is 0 Å². The maximum atomic E-state index is 12.3. The molecule has 1 aromatic rings. The number of aromatic carboxylic acids is 1. The van der Waals surface area contributed by atoms with Crippen molar-refractivity contribution in [2.24, 2.45) is 5.92 Å². The maximum absolute atomic E-state index is 12.3. The number of benzene rings is 1. The zero-order valence-corrected chi connectivity index (χ0v) is 12.4. The van der Waals surface area contributed by atoms with Crippen LogP contribution in [0.4, 0.5) is 0 Å². The van der Waals surface area contributed by atoms with Gasteiger partial charge in [-0.1, -0.05) is 12.1 Å². The van der Waals surface area contributed by atoms with E-state index in [4.69, 9.17) is 10.2 Å². The Kier molecular flexibility index (Phi) is 4.97. The van der Waals surface area contributed by atoms with Crippen molar-refractivity contribution < 1.29 is 23.4 Å². The van der Waals surface area contributed by atoms with Crippen LogP contribution in [-0.4, -0.2) is 48.6 Å². The Morgan fingerprint density at radius 1 is 1.38 bits per heavy atom. The number of carbonyl (C=O) groups is 1.